The molecule has 1 fully saturated rings. The molecule has 1 aromatic rings. The van der Waals surface area contributed by atoms with Crippen molar-refractivity contribution >= 4 is 5.69 Å². The molecule has 1 heterocycles. The molecular weight excluding hydrogens is 164 g/mol. The van der Waals surface area contributed by atoms with E-state index in [1.165, 1.54) is 6.42 Å². The molecule has 0 radical (unpaired) electrons. The first kappa shape index (κ1) is 8.38. The second kappa shape index (κ2) is 3.66. The van der Waals surface area contributed by atoms with E-state index in [2.05, 4.69) is 10.6 Å². The lowest BCUT2D eigenvalue weighted by Gasteiger charge is -2.12. The minimum atomic E-state index is 0.315. The Morgan fingerprint density at radius 2 is 2.08 bits per heavy atom. The summed E-state index contributed by atoms with van der Waals surface area (Å²) in [6, 6.07) is 7.72. The minimum Gasteiger partial charge on any atom is -0.508 e. The first-order valence-corrected chi connectivity index (χ1v) is 4.61. The molecule has 0 spiro atoms. The lowest BCUT2D eigenvalue weighted by atomic mass is 10.2. The summed E-state index contributed by atoms with van der Waals surface area (Å²) in [7, 11) is 0. The Balaban J connectivity index is 1.97. The summed E-state index contributed by atoms with van der Waals surface area (Å²) < 4.78 is 0. The van der Waals surface area contributed by atoms with Crippen LogP contribution in [-0.2, 0) is 0 Å². The van der Waals surface area contributed by atoms with E-state index >= 15 is 0 Å². The van der Waals surface area contributed by atoms with Gasteiger partial charge in [0.1, 0.15) is 5.75 Å². The van der Waals surface area contributed by atoms with Crippen LogP contribution in [0.1, 0.15) is 6.42 Å². The number of hydrogen-bond acceptors (Lipinski definition) is 3. The fourth-order valence-corrected chi connectivity index (χ4v) is 1.57. The van der Waals surface area contributed by atoms with Crippen LogP contribution in [0.25, 0.3) is 0 Å². The quantitative estimate of drug-likeness (QED) is 0.595. The van der Waals surface area contributed by atoms with Crippen molar-refractivity contribution in [2.45, 2.75) is 12.5 Å². The molecule has 3 N–H and O–H groups in total. The Bertz CT molecular complexity index is 265. The summed E-state index contributed by atoms with van der Waals surface area (Å²) in [6.45, 7) is 2.12. The molecule has 0 bridgehead atoms. The van der Waals surface area contributed by atoms with Gasteiger partial charge in [0.25, 0.3) is 0 Å². The van der Waals surface area contributed by atoms with Crippen molar-refractivity contribution in [3.63, 3.8) is 0 Å². The Labute approximate surface area is 77.8 Å². The highest BCUT2D eigenvalue weighted by molar-refractivity contribution is 5.46. The Hall–Kier alpha value is -1.22. The third-order valence-corrected chi connectivity index (χ3v) is 2.30. The molecule has 0 saturated carbocycles. The van der Waals surface area contributed by atoms with Gasteiger partial charge in [-0.2, -0.15) is 0 Å². The average Bonchev–Trinajstić information content (AvgIpc) is 2.62. The number of benzene rings is 1. The van der Waals surface area contributed by atoms with Crippen LogP contribution >= 0.6 is 0 Å². The molecule has 3 heteroatoms. The molecule has 0 amide bonds. The van der Waals surface area contributed by atoms with E-state index in [1.54, 1.807) is 12.1 Å². The van der Waals surface area contributed by atoms with E-state index < -0.39 is 0 Å². The van der Waals surface area contributed by atoms with Gasteiger partial charge in [-0.05, 0) is 37.2 Å². The van der Waals surface area contributed by atoms with Gasteiger partial charge in [-0.15, -0.1) is 0 Å². The van der Waals surface area contributed by atoms with Gasteiger partial charge >= 0.3 is 0 Å². The molecule has 1 unspecified atom stereocenters. The molecule has 1 aliphatic rings. The van der Waals surface area contributed by atoms with E-state index in [4.69, 9.17) is 5.11 Å². The SMILES string of the molecule is Oc1ccc(NC2CCNC2)cc1. The molecule has 1 aliphatic heterocycles. The fraction of sp³-hybridized carbons (Fsp3) is 0.400. The average molecular weight is 178 g/mol. The number of hydrogen-bond donors (Lipinski definition) is 3. The molecule has 1 saturated heterocycles. The van der Waals surface area contributed by atoms with Crippen molar-refractivity contribution in [1.82, 2.24) is 5.32 Å². The summed E-state index contributed by atoms with van der Waals surface area (Å²) in [6.07, 6.45) is 1.17. The van der Waals surface area contributed by atoms with E-state index in [0.717, 1.165) is 18.8 Å². The van der Waals surface area contributed by atoms with Crippen molar-refractivity contribution in [2.75, 3.05) is 18.4 Å². The van der Waals surface area contributed by atoms with Crippen LogP contribution in [0.5, 0.6) is 5.75 Å². The highest BCUT2D eigenvalue weighted by Crippen LogP contribution is 2.15. The van der Waals surface area contributed by atoms with E-state index in [-0.39, 0.29) is 0 Å². The maximum atomic E-state index is 9.08. The smallest absolute Gasteiger partial charge is 0.115 e. The summed E-state index contributed by atoms with van der Waals surface area (Å²) in [5.41, 5.74) is 1.08. The zero-order chi connectivity index (χ0) is 9.10. The topological polar surface area (TPSA) is 44.3 Å². The third-order valence-electron chi connectivity index (χ3n) is 2.30. The van der Waals surface area contributed by atoms with Gasteiger partial charge in [0, 0.05) is 18.3 Å². The van der Waals surface area contributed by atoms with Crippen LogP contribution in [0.4, 0.5) is 5.69 Å². The molecule has 0 aliphatic carbocycles. The fourth-order valence-electron chi connectivity index (χ4n) is 1.57. The minimum absolute atomic E-state index is 0.315. The van der Waals surface area contributed by atoms with Crippen molar-refractivity contribution in [3.8, 4) is 5.75 Å². The number of anilines is 1. The number of rotatable bonds is 2. The highest BCUT2D eigenvalue weighted by Gasteiger charge is 2.13. The van der Waals surface area contributed by atoms with Crippen LogP contribution in [0.15, 0.2) is 24.3 Å². The van der Waals surface area contributed by atoms with Gasteiger partial charge in [0.2, 0.25) is 0 Å². The van der Waals surface area contributed by atoms with E-state index in [9.17, 15) is 0 Å². The summed E-state index contributed by atoms with van der Waals surface area (Å²) >= 11 is 0. The molecular formula is C10H14N2O. The zero-order valence-electron chi connectivity index (χ0n) is 7.46. The summed E-state index contributed by atoms with van der Waals surface area (Å²) in [5, 5.41) is 15.8. The third kappa shape index (κ3) is 2.12. The van der Waals surface area contributed by atoms with Crippen molar-refractivity contribution in [1.29, 1.82) is 0 Å². The Morgan fingerprint density at radius 1 is 1.31 bits per heavy atom. The maximum absolute atomic E-state index is 9.08. The normalized spacial score (nSPS) is 21.7. The van der Waals surface area contributed by atoms with Crippen molar-refractivity contribution in [3.05, 3.63) is 24.3 Å². The van der Waals surface area contributed by atoms with Crippen LogP contribution in [0.2, 0.25) is 0 Å². The maximum Gasteiger partial charge on any atom is 0.115 e. The largest absolute Gasteiger partial charge is 0.508 e. The van der Waals surface area contributed by atoms with Gasteiger partial charge in [0.05, 0.1) is 0 Å². The predicted octanol–water partition coefficient (Wildman–Crippen LogP) is 1.17. The number of phenols is 1. The van der Waals surface area contributed by atoms with Gasteiger partial charge < -0.3 is 15.7 Å². The van der Waals surface area contributed by atoms with Crippen LogP contribution in [0, 0.1) is 0 Å². The van der Waals surface area contributed by atoms with E-state index in [0.29, 0.717) is 11.8 Å². The van der Waals surface area contributed by atoms with E-state index in [1.807, 2.05) is 12.1 Å². The Kier molecular flexibility index (Phi) is 2.36. The van der Waals surface area contributed by atoms with Gasteiger partial charge in [-0.25, -0.2) is 0 Å². The molecule has 1 aromatic carbocycles. The first-order chi connectivity index (χ1) is 6.34. The molecule has 2 rings (SSSR count). The lowest BCUT2D eigenvalue weighted by Crippen LogP contribution is -2.21. The standard InChI is InChI=1S/C10H14N2O/c13-10-3-1-8(2-4-10)12-9-5-6-11-7-9/h1-4,9,11-13H,5-7H2. The zero-order valence-corrected chi connectivity index (χ0v) is 7.46. The second-order valence-corrected chi connectivity index (χ2v) is 3.38. The summed E-state index contributed by atoms with van der Waals surface area (Å²) in [5.74, 6) is 0.315. The molecule has 13 heavy (non-hydrogen) atoms. The van der Waals surface area contributed by atoms with Crippen molar-refractivity contribution < 1.29 is 5.11 Å². The Morgan fingerprint density at radius 3 is 2.69 bits per heavy atom. The second-order valence-electron chi connectivity index (χ2n) is 3.38. The molecule has 70 valence electrons. The molecule has 1 atom stereocenters. The lowest BCUT2D eigenvalue weighted by molar-refractivity contribution is 0.475. The van der Waals surface area contributed by atoms with Crippen LogP contribution < -0.4 is 10.6 Å². The van der Waals surface area contributed by atoms with Crippen molar-refractivity contribution in [2.24, 2.45) is 0 Å². The van der Waals surface area contributed by atoms with Crippen LogP contribution in [-0.4, -0.2) is 24.2 Å². The van der Waals surface area contributed by atoms with Gasteiger partial charge in [-0.1, -0.05) is 0 Å². The molecule has 3 nitrogen and oxygen atoms in total. The van der Waals surface area contributed by atoms with Gasteiger partial charge in [-0.3, -0.25) is 0 Å². The number of nitrogens with one attached hydrogen (secondary N) is 2. The highest BCUT2D eigenvalue weighted by atomic mass is 16.3. The van der Waals surface area contributed by atoms with Crippen LogP contribution in [0.3, 0.4) is 0 Å². The first-order valence-electron chi connectivity index (χ1n) is 4.61. The van der Waals surface area contributed by atoms with Gasteiger partial charge in [0.15, 0.2) is 0 Å². The monoisotopic (exact) mass is 178 g/mol. The number of aromatic hydroxyl groups is 1. The molecule has 0 aromatic heterocycles. The number of phenolic OH excluding ortho intramolecular Hbond substituents is 1. The predicted molar refractivity (Wildman–Crippen MR) is 53.0 cm³/mol. The summed E-state index contributed by atoms with van der Waals surface area (Å²) in [4.78, 5) is 0.